The van der Waals surface area contributed by atoms with Gasteiger partial charge in [0.25, 0.3) is 0 Å². The van der Waals surface area contributed by atoms with E-state index in [0.29, 0.717) is 25.7 Å². The van der Waals surface area contributed by atoms with Crippen LogP contribution in [0.3, 0.4) is 0 Å². The second-order valence-corrected chi connectivity index (χ2v) is 9.45. The first kappa shape index (κ1) is 25.7. The Bertz CT molecular complexity index is 1030. The van der Waals surface area contributed by atoms with Crippen LogP contribution in [0.25, 0.3) is 0 Å². The van der Waals surface area contributed by atoms with Gasteiger partial charge in [0.2, 0.25) is 6.33 Å². The molecule has 0 aromatic carbocycles. The van der Waals surface area contributed by atoms with Crippen LogP contribution in [-0.2, 0) is 46.9 Å². The van der Waals surface area contributed by atoms with Gasteiger partial charge in [-0.2, -0.15) is 43.2 Å². The number of ether oxygens (including phenoxy) is 2. The van der Waals surface area contributed by atoms with Gasteiger partial charge < -0.3 is 9.47 Å². The molecular weight excluding hydrogens is 476 g/mol. The predicted octanol–water partition coefficient (Wildman–Crippen LogP) is -0.0426. The molecule has 0 saturated heterocycles. The van der Waals surface area contributed by atoms with Crippen molar-refractivity contribution in [2.75, 3.05) is 14.2 Å². The number of nitrogens with zero attached hydrogens (tertiary/aromatic N) is 3. The van der Waals surface area contributed by atoms with Gasteiger partial charge in [-0.25, -0.2) is 13.9 Å². The first-order valence-electron chi connectivity index (χ1n) is 7.26. The molecule has 0 aliphatic carbocycles. The van der Waals surface area contributed by atoms with Gasteiger partial charge in [0, 0.05) is 6.92 Å². The van der Waals surface area contributed by atoms with E-state index in [1.807, 2.05) is 0 Å². The second-order valence-electron chi connectivity index (χ2n) is 5.66. The van der Waals surface area contributed by atoms with Gasteiger partial charge in [0.05, 0.1) is 24.7 Å². The fourth-order valence-corrected chi connectivity index (χ4v) is 5.06. The molecule has 18 heteroatoms. The van der Waals surface area contributed by atoms with Gasteiger partial charge >= 0.3 is 48.5 Å². The molecule has 0 radical (unpaired) electrons. The standard InChI is InChI=1S/C12H15F6N3O7S2/c1-10(9(22)28-4,20-6-5-19(2)7-20)8(27-3)21(29(23,24)11(13,14)15)30(25,26)12(16,17)18/h5-7H,1-4H3/q+2/t10-/m0/s1. The lowest BCUT2D eigenvalue weighted by atomic mass is 10.0. The van der Waals surface area contributed by atoms with E-state index in [9.17, 15) is 48.0 Å². The summed E-state index contributed by atoms with van der Waals surface area (Å²) in [6.45, 7) is 0.600. The minimum Gasteiger partial charge on any atom is -0.465 e. The molecule has 1 atom stereocenters. The van der Waals surface area contributed by atoms with Crippen LogP contribution in [0.2, 0.25) is 0 Å². The van der Waals surface area contributed by atoms with E-state index in [4.69, 9.17) is 0 Å². The number of carbonyl (C=O) groups excluding carboxylic acids is 1. The number of hydrogen-bond donors (Lipinski definition) is 0. The lowest BCUT2D eigenvalue weighted by molar-refractivity contribution is -0.671. The zero-order valence-corrected chi connectivity index (χ0v) is 17.1. The van der Waals surface area contributed by atoms with Crippen molar-refractivity contribution < 1.29 is 65.4 Å². The van der Waals surface area contributed by atoms with Gasteiger partial charge in [0.15, 0.2) is 0 Å². The Hall–Kier alpha value is -2.37. The molecule has 1 aromatic rings. The summed E-state index contributed by atoms with van der Waals surface area (Å²) < 4.78 is 135. The van der Waals surface area contributed by atoms with E-state index in [0.717, 1.165) is 23.3 Å². The molecule has 1 rings (SSSR count). The minimum absolute atomic E-state index is 0.380. The highest BCUT2D eigenvalue weighted by Gasteiger charge is 2.72. The highest BCUT2D eigenvalue weighted by molar-refractivity contribution is 7.98. The molecule has 0 aliphatic heterocycles. The van der Waals surface area contributed by atoms with Gasteiger partial charge in [-0.15, -0.1) is 0 Å². The van der Waals surface area contributed by atoms with Crippen LogP contribution in [0.4, 0.5) is 26.3 Å². The molecule has 30 heavy (non-hydrogen) atoms. The Morgan fingerprint density at radius 1 is 0.967 bits per heavy atom. The topological polar surface area (TPSA) is 116 Å². The molecule has 1 aromatic heterocycles. The van der Waals surface area contributed by atoms with E-state index in [1.165, 1.54) is 7.05 Å². The normalized spacial score (nSPS) is 15.3. The molecule has 0 unspecified atom stereocenters. The van der Waals surface area contributed by atoms with Crippen molar-refractivity contribution >= 4 is 31.9 Å². The number of halogens is 6. The fraction of sp³-hybridized carbons (Fsp3) is 0.583. The fourth-order valence-electron chi connectivity index (χ4n) is 2.20. The molecule has 0 N–H and O–H groups in total. The number of carbonyl (C=O) groups is 1. The van der Waals surface area contributed by atoms with Crippen molar-refractivity contribution in [2.45, 2.75) is 23.5 Å². The molecule has 0 fully saturated rings. The molecule has 0 bridgehead atoms. The van der Waals surface area contributed by atoms with Gasteiger partial charge in [0.1, 0.15) is 12.4 Å². The highest BCUT2D eigenvalue weighted by Crippen LogP contribution is 2.35. The molecule has 1 heterocycles. The van der Waals surface area contributed by atoms with E-state index >= 15 is 0 Å². The van der Waals surface area contributed by atoms with Gasteiger partial charge in [-0.3, -0.25) is 0 Å². The molecule has 172 valence electrons. The molecule has 0 spiro atoms. The smallest absolute Gasteiger partial charge is 0.465 e. The summed E-state index contributed by atoms with van der Waals surface area (Å²) in [7, 11) is -12.2. The Kier molecular flexibility index (Phi) is 6.60. The largest absolute Gasteiger partial charge is 0.561 e. The number of esters is 1. The summed E-state index contributed by atoms with van der Waals surface area (Å²) in [5.41, 5.74) is -16.0. The average molecular weight is 491 g/mol. The summed E-state index contributed by atoms with van der Waals surface area (Å²) in [6, 6.07) is 0. The number of sulfonamides is 2. The molecule has 0 amide bonds. The maximum Gasteiger partial charge on any atom is 0.561 e. The zero-order valence-electron chi connectivity index (χ0n) is 15.5. The lowest BCUT2D eigenvalue weighted by Crippen LogP contribution is -2.56. The van der Waals surface area contributed by atoms with E-state index in [-0.39, 0.29) is 0 Å². The predicted molar refractivity (Wildman–Crippen MR) is 83.5 cm³/mol. The average Bonchev–Trinajstić information content (AvgIpc) is 3.02. The maximum atomic E-state index is 13.1. The van der Waals surface area contributed by atoms with Crippen molar-refractivity contribution in [1.29, 1.82) is 0 Å². The van der Waals surface area contributed by atoms with Crippen LogP contribution in [-0.4, -0.2) is 61.9 Å². The van der Waals surface area contributed by atoms with Gasteiger partial charge in [-0.05, 0) is 0 Å². The van der Waals surface area contributed by atoms with Crippen molar-refractivity contribution in [3.63, 3.8) is 0 Å². The van der Waals surface area contributed by atoms with Gasteiger partial charge in [-0.1, -0.05) is 0 Å². The lowest BCUT2D eigenvalue weighted by Gasteiger charge is -2.22. The summed E-state index contributed by atoms with van der Waals surface area (Å²) in [5, 5.41) is 0. The number of alkyl halides is 6. The van der Waals surface area contributed by atoms with Crippen molar-refractivity contribution in [3.8, 4) is 0 Å². The summed E-state index contributed by atoms with van der Waals surface area (Å²) in [4.78, 5) is 12.4. The first-order chi connectivity index (χ1) is 13.3. The third-order valence-corrected chi connectivity index (χ3v) is 7.22. The summed E-state index contributed by atoms with van der Waals surface area (Å²) in [5.74, 6) is -3.70. The third-order valence-electron chi connectivity index (χ3n) is 3.67. The number of aromatic nitrogens is 2. The summed E-state index contributed by atoms with van der Waals surface area (Å²) in [6.07, 6.45) is 3.01. The number of hydrogen-bond acceptors (Lipinski definition) is 7. The van der Waals surface area contributed by atoms with Crippen LogP contribution >= 0.6 is 0 Å². The van der Waals surface area contributed by atoms with Crippen LogP contribution in [0.5, 0.6) is 0 Å². The Labute approximate surface area is 166 Å². The van der Waals surface area contributed by atoms with Crippen LogP contribution in [0.1, 0.15) is 6.92 Å². The number of methoxy groups -OCH3 is 2. The second kappa shape index (κ2) is 7.71. The van der Waals surface area contributed by atoms with E-state index in [2.05, 4.69) is 9.47 Å². The number of aryl methyl sites for hydroxylation is 1. The quantitative estimate of drug-likeness (QED) is 0.187. The number of rotatable bonds is 5. The molecule has 10 nitrogen and oxygen atoms in total. The minimum atomic E-state index is -7.28. The van der Waals surface area contributed by atoms with Crippen LogP contribution in [0, 0.1) is 0 Å². The number of imidazole rings is 1. The van der Waals surface area contributed by atoms with Crippen molar-refractivity contribution in [3.05, 3.63) is 18.7 Å². The Morgan fingerprint density at radius 3 is 1.67 bits per heavy atom. The highest BCUT2D eigenvalue weighted by atomic mass is 32.3. The van der Waals surface area contributed by atoms with Crippen LogP contribution in [0.15, 0.2) is 18.7 Å². The van der Waals surface area contributed by atoms with Crippen molar-refractivity contribution in [1.82, 2.24) is 4.57 Å². The summed E-state index contributed by atoms with van der Waals surface area (Å²) >= 11 is 0. The molecule has 0 aliphatic rings. The van der Waals surface area contributed by atoms with E-state index in [1.54, 1.807) is 0 Å². The maximum absolute atomic E-state index is 13.1. The monoisotopic (exact) mass is 491 g/mol. The van der Waals surface area contributed by atoms with Crippen molar-refractivity contribution in [2.24, 2.45) is 7.05 Å². The zero-order chi connectivity index (χ0) is 23.9. The van der Waals surface area contributed by atoms with Crippen LogP contribution < -0.4 is 4.57 Å². The molecule has 0 saturated carbocycles. The first-order valence-corrected chi connectivity index (χ1v) is 10.1. The Morgan fingerprint density at radius 2 is 1.40 bits per heavy atom. The molecular formula is C12H15F6N3O7S2+2. The Balaban J connectivity index is 4.37. The SMILES string of the molecule is COC(=O)[C@](C)(C(OC)=[N+](S(=O)(=O)C(F)(F)F)S(=O)(=O)C(F)(F)F)n1cc[n+](C)c1. The van der Waals surface area contributed by atoms with E-state index < -0.39 is 51.9 Å². The third kappa shape index (κ3) is 3.96.